The second-order valence-electron chi connectivity index (χ2n) is 6.13. The summed E-state index contributed by atoms with van der Waals surface area (Å²) < 4.78 is 181. The van der Waals surface area contributed by atoms with Gasteiger partial charge in [0, 0.05) is 26.2 Å². The highest BCUT2D eigenvalue weighted by Crippen LogP contribution is 2.48. The van der Waals surface area contributed by atoms with Crippen molar-refractivity contribution in [1.29, 1.82) is 0 Å². The van der Waals surface area contributed by atoms with E-state index in [0.29, 0.717) is 9.80 Å². The predicted molar refractivity (Wildman–Crippen MR) is 72.3 cm³/mol. The van der Waals surface area contributed by atoms with Crippen molar-refractivity contribution in [3.63, 3.8) is 0 Å². The summed E-state index contributed by atoms with van der Waals surface area (Å²) in [6.07, 6.45) is -25.3. The van der Waals surface area contributed by atoms with Gasteiger partial charge in [-0.15, -0.1) is 0 Å². The molecule has 0 atom stereocenters. The van der Waals surface area contributed by atoms with E-state index < -0.39 is 81.8 Å². The van der Waals surface area contributed by atoms with Gasteiger partial charge >= 0.3 is 42.4 Å². The van der Waals surface area contributed by atoms with E-state index in [1.807, 2.05) is 0 Å². The minimum Gasteiger partial charge on any atom is -0.321 e. The highest BCUT2D eigenvalue weighted by molar-refractivity contribution is 5.76. The maximum absolute atomic E-state index is 13.0. The number of alkyl halides is 14. The van der Waals surface area contributed by atoms with Crippen molar-refractivity contribution in [3.05, 3.63) is 0 Å². The first-order chi connectivity index (χ1) is 14.1. The van der Waals surface area contributed by atoms with Gasteiger partial charge in [-0.25, -0.2) is 4.79 Å². The molecule has 1 rings (SSSR count). The fourth-order valence-electron chi connectivity index (χ4n) is 2.13. The second kappa shape index (κ2) is 8.86. The van der Waals surface area contributed by atoms with Crippen LogP contribution in [0.5, 0.6) is 0 Å². The molecular formula is C13H12F14N2O3. The first kappa shape index (κ1) is 28.2. The van der Waals surface area contributed by atoms with Gasteiger partial charge in [-0.3, -0.25) is 0 Å². The number of ether oxygens (including phenoxy) is 2. The van der Waals surface area contributed by atoms with Gasteiger partial charge < -0.3 is 19.3 Å². The lowest BCUT2D eigenvalue weighted by molar-refractivity contribution is -0.424. The first-order valence-corrected chi connectivity index (χ1v) is 8.05. The van der Waals surface area contributed by atoms with E-state index in [1.54, 1.807) is 0 Å². The zero-order valence-electron chi connectivity index (χ0n) is 15.2. The van der Waals surface area contributed by atoms with Gasteiger partial charge in [0.2, 0.25) is 0 Å². The molecule has 5 nitrogen and oxygen atoms in total. The molecular weight excluding hydrogens is 498 g/mol. The molecule has 32 heavy (non-hydrogen) atoms. The zero-order valence-corrected chi connectivity index (χ0v) is 15.2. The predicted octanol–water partition coefficient (Wildman–Crippen LogP) is 4.34. The molecule has 0 radical (unpaired) electrons. The third-order valence-electron chi connectivity index (χ3n) is 3.91. The van der Waals surface area contributed by atoms with Crippen molar-refractivity contribution in [2.24, 2.45) is 0 Å². The smallest absolute Gasteiger partial charge is 0.321 e. The Labute approximate surface area is 168 Å². The largest absolute Gasteiger partial charge is 0.462 e. The minimum absolute atomic E-state index is 0.418. The lowest BCUT2D eigenvalue weighted by Crippen LogP contribution is -2.54. The summed E-state index contributed by atoms with van der Waals surface area (Å²) in [4.78, 5) is 12.9. The van der Waals surface area contributed by atoms with E-state index in [0.717, 1.165) is 0 Å². The molecule has 1 fully saturated rings. The molecule has 1 saturated heterocycles. The Morgan fingerprint density at radius 3 is 1.12 bits per heavy atom. The number of carbonyl (C=O) groups excluding carboxylic acids is 1. The maximum Gasteiger partial charge on any atom is 0.462 e. The third kappa shape index (κ3) is 5.57. The minimum atomic E-state index is -6.65. The summed E-state index contributed by atoms with van der Waals surface area (Å²) in [6, 6.07) is -1.21. The van der Waals surface area contributed by atoms with Gasteiger partial charge in [-0.2, -0.15) is 61.5 Å². The number of carbonyl (C=O) groups is 1. The summed E-state index contributed by atoms with van der Waals surface area (Å²) in [5.74, 6) is -13.1. The molecule has 0 aromatic carbocycles. The van der Waals surface area contributed by atoms with Crippen molar-refractivity contribution >= 4 is 6.03 Å². The second-order valence-corrected chi connectivity index (χ2v) is 6.13. The van der Waals surface area contributed by atoms with E-state index in [-0.39, 0.29) is 0 Å². The lowest BCUT2D eigenvalue weighted by Gasteiger charge is -2.28. The molecule has 0 N–H and O–H groups in total. The Morgan fingerprint density at radius 2 is 0.875 bits per heavy atom. The fraction of sp³-hybridized carbons (Fsp3) is 0.923. The van der Waals surface area contributed by atoms with E-state index in [1.165, 1.54) is 0 Å². The van der Waals surface area contributed by atoms with Crippen molar-refractivity contribution in [1.82, 2.24) is 9.80 Å². The lowest BCUT2D eigenvalue weighted by atomic mass is 10.3. The Bertz CT molecular complexity index is 609. The van der Waals surface area contributed by atoms with Crippen molar-refractivity contribution < 1.29 is 75.7 Å². The molecule has 0 saturated carbocycles. The van der Waals surface area contributed by atoms with Crippen LogP contribution >= 0.6 is 0 Å². The molecule has 0 unspecified atom stereocenters. The average Bonchev–Trinajstić information content (AvgIpc) is 2.92. The molecule has 1 heterocycles. The van der Waals surface area contributed by atoms with Crippen molar-refractivity contribution in [3.8, 4) is 0 Å². The molecule has 1 aliphatic rings. The first-order valence-electron chi connectivity index (χ1n) is 8.05. The van der Waals surface area contributed by atoms with Crippen LogP contribution in [0.4, 0.5) is 66.3 Å². The van der Waals surface area contributed by atoms with Crippen LogP contribution in [0, 0.1) is 0 Å². The number of hydrogen-bond donors (Lipinski definition) is 0. The highest BCUT2D eigenvalue weighted by atomic mass is 19.4. The van der Waals surface area contributed by atoms with Crippen molar-refractivity contribution in [2.45, 2.75) is 36.4 Å². The van der Waals surface area contributed by atoms with Crippen LogP contribution in [-0.2, 0) is 9.47 Å². The van der Waals surface area contributed by atoms with Gasteiger partial charge in [-0.1, -0.05) is 0 Å². The van der Waals surface area contributed by atoms with Crippen LogP contribution in [0.3, 0.4) is 0 Å². The highest BCUT2D eigenvalue weighted by Gasteiger charge is 2.75. The van der Waals surface area contributed by atoms with E-state index in [4.69, 9.17) is 0 Å². The summed E-state index contributed by atoms with van der Waals surface area (Å²) in [7, 11) is 0. The molecule has 0 spiro atoms. The number of rotatable bonds is 10. The Hall–Kier alpha value is -1.79. The Morgan fingerprint density at radius 1 is 0.594 bits per heavy atom. The molecule has 2 amide bonds. The standard InChI is InChI=1S/C13H12F14N2O3/c14-8(15,10(18,19)20)12(24,25)31-5-3-28-1-2-29(7(28)30)4-6-32-13(26,27)9(16,17)11(21,22)23/h1-6H2. The number of hydrogen-bond acceptors (Lipinski definition) is 3. The van der Waals surface area contributed by atoms with Gasteiger partial charge in [-0.05, 0) is 0 Å². The average molecular weight is 510 g/mol. The molecule has 1 aliphatic heterocycles. The van der Waals surface area contributed by atoms with Gasteiger partial charge in [0.15, 0.2) is 0 Å². The third-order valence-corrected chi connectivity index (χ3v) is 3.91. The van der Waals surface area contributed by atoms with Crippen LogP contribution in [0.25, 0.3) is 0 Å². The number of nitrogens with zero attached hydrogens (tertiary/aromatic N) is 2. The van der Waals surface area contributed by atoms with E-state index in [2.05, 4.69) is 9.47 Å². The molecule has 190 valence electrons. The molecule has 19 heteroatoms. The summed E-state index contributed by atoms with van der Waals surface area (Å²) >= 11 is 0. The quantitative estimate of drug-likeness (QED) is 0.411. The molecule has 0 aromatic rings. The Balaban J connectivity index is 2.56. The Kier molecular flexibility index (Phi) is 7.82. The van der Waals surface area contributed by atoms with Gasteiger partial charge in [0.1, 0.15) is 0 Å². The number of urea groups is 1. The topological polar surface area (TPSA) is 42.0 Å². The van der Waals surface area contributed by atoms with Gasteiger partial charge in [0.25, 0.3) is 0 Å². The van der Waals surface area contributed by atoms with Crippen molar-refractivity contribution in [2.75, 3.05) is 39.4 Å². The van der Waals surface area contributed by atoms with Crippen LogP contribution in [0.15, 0.2) is 0 Å². The summed E-state index contributed by atoms with van der Waals surface area (Å²) in [6.45, 7) is -5.82. The van der Waals surface area contributed by atoms with E-state index >= 15 is 0 Å². The summed E-state index contributed by atoms with van der Waals surface area (Å²) in [5.41, 5.74) is 0. The summed E-state index contributed by atoms with van der Waals surface area (Å²) in [5, 5.41) is 0. The normalized spacial score (nSPS) is 17.5. The molecule has 0 aromatic heterocycles. The van der Waals surface area contributed by atoms with Crippen LogP contribution < -0.4 is 0 Å². The van der Waals surface area contributed by atoms with E-state index in [9.17, 15) is 66.3 Å². The molecule has 0 aliphatic carbocycles. The number of amides is 2. The van der Waals surface area contributed by atoms with Crippen LogP contribution in [0.1, 0.15) is 0 Å². The fourth-order valence-corrected chi connectivity index (χ4v) is 2.13. The monoisotopic (exact) mass is 510 g/mol. The van der Waals surface area contributed by atoms with Crippen LogP contribution in [0.2, 0.25) is 0 Å². The number of halogens is 14. The zero-order chi connectivity index (χ0) is 25.4. The maximum atomic E-state index is 13.0. The molecule has 0 bridgehead atoms. The van der Waals surface area contributed by atoms with Crippen LogP contribution in [-0.4, -0.2) is 91.6 Å². The van der Waals surface area contributed by atoms with Gasteiger partial charge in [0.05, 0.1) is 13.2 Å². The SMILES string of the molecule is O=C1N(CCOC(F)(F)C(F)(F)C(F)(F)F)CCN1CCOC(F)(F)C(F)(F)C(F)(F)F.